The van der Waals surface area contributed by atoms with Crippen molar-refractivity contribution in [3.63, 3.8) is 0 Å². The molecule has 1 aliphatic rings. The lowest BCUT2D eigenvalue weighted by Gasteiger charge is -2.10. The monoisotopic (exact) mass is 387 g/mol. The van der Waals surface area contributed by atoms with Gasteiger partial charge in [0.25, 0.3) is 5.91 Å². The molecule has 7 heteroatoms. The highest BCUT2D eigenvalue weighted by Gasteiger charge is 2.38. The molecule has 0 unspecified atom stereocenters. The van der Waals surface area contributed by atoms with Gasteiger partial charge in [0.15, 0.2) is 5.66 Å². The first-order valence-electron chi connectivity index (χ1n) is 9.49. The van der Waals surface area contributed by atoms with Crippen LogP contribution in [0.25, 0.3) is 5.65 Å². The van der Waals surface area contributed by atoms with Crippen molar-refractivity contribution in [2.24, 2.45) is 10.2 Å². The van der Waals surface area contributed by atoms with Crippen molar-refractivity contribution in [1.82, 2.24) is 14.7 Å². The number of aromatic nitrogens is 2. The number of benzene rings is 1. The molecule has 1 aromatic carbocycles. The number of hydrogen-bond acceptors (Lipinski definition) is 5. The lowest BCUT2D eigenvalue weighted by atomic mass is 10.0. The Morgan fingerprint density at radius 2 is 2.10 bits per heavy atom. The molecule has 0 fully saturated rings. The Morgan fingerprint density at radius 1 is 1.21 bits per heavy atom. The maximum absolute atomic E-state index is 12.4. The Hall–Kier alpha value is -3.66. The number of carbonyl (C=O) groups is 1. The average Bonchev–Trinajstić information content (AvgIpc) is 3.39. The number of ether oxygens (including phenoxy) is 1. The number of imidazole rings is 1. The van der Waals surface area contributed by atoms with E-state index in [1.54, 1.807) is 18.2 Å². The molecule has 0 spiro atoms. The highest BCUT2D eigenvalue weighted by atomic mass is 16.5. The fourth-order valence-corrected chi connectivity index (χ4v) is 3.09. The van der Waals surface area contributed by atoms with Crippen LogP contribution in [0.1, 0.15) is 35.3 Å². The molecule has 0 saturated carbocycles. The standard InChI is InChI=1S/C22H21N5O2/c1-2-3-10-22(25-26-22)11-12-23-21(28)17-7-6-8-19(14-17)29-16-18-15-27-13-5-4-9-20(27)24-18/h1,4-9,13-15H,3,10-12,16H2,(H,23,28). The molecule has 1 aliphatic heterocycles. The molecule has 2 aromatic heterocycles. The maximum Gasteiger partial charge on any atom is 0.251 e. The van der Waals surface area contributed by atoms with Crippen LogP contribution in [0.5, 0.6) is 5.75 Å². The summed E-state index contributed by atoms with van der Waals surface area (Å²) in [6, 6.07) is 12.9. The van der Waals surface area contributed by atoms with Crippen molar-refractivity contribution < 1.29 is 9.53 Å². The van der Waals surface area contributed by atoms with Crippen molar-refractivity contribution in [3.8, 4) is 18.1 Å². The number of amides is 1. The van der Waals surface area contributed by atoms with E-state index < -0.39 is 5.66 Å². The molecule has 0 atom stereocenters. The molecule has 7 nitrogen and oxygen atoms in total. The Morgan fingerprint density at radius 3 is 2.90 bits per heavy atom. The van der Waals surface area contributed by atoms with E-state index in [4.69, 9.17) is 11.2 Å². The van der Waals surface area contributed by atoms with Gasteiger partial charge < -0.3 is 14.5 Å². The molecule has 0 radical (unpaired) electrons. The van der Waals surface area contributed by atoms with Crippen LogP contribution in [0.3, 0.4) is 0 Å². The Balaban J connectivity index is 1.29. The summed E-state index contributed by atoms with van der Waals surface area (Å²) < 4.78 is 7.76. The minimum atomic E-state index is -0.390. The van der Waals surface area contributed by atoms with E-state index in [1.165, 1.54) is 0 Å². The van der Waals surface area contributed by atoms with Gasteiger partial charge in [0.05, 0.1) is 5.69 Å². The number of rotatable bonds is 9. The van der Waals surface area contributed by atoms with E-state index in [0.717, 1.165) is 17.8 Å². The Labute approximate surface area is 168 Å². The largest absolute Gasteiger partial charge is 0.487 e. The third-order valence-electron chi connectivity index (χ3n) is 4.76. The molecule has 0 saturated heterocycles. The molecule has 0 aliphatic carbocycles. The number of nitrogens with zero attached hydrogens (tertiary/aromatic N) is 4. The summed E-state index contributed by atoms with van der Waals surface area (Å²) in [5.74, 6) is 3.06. The second kappa shape index (κ2) is 8.15. The van der Waals surface area contributed by atoms with Crippen molar-refractivity contribution in [2.75, 3.05) is 6.54 Å². The van der Waals surface area contributed by atoms with Gasteiger partial charge in [-0.1, -0.05) is 12.1 Å². The minimum absolute atomic E-state index is 0.157. The molecule has 3 heterocycles. The number of carbonyl (C=O) groups excluding carboxylic acids is 1. The SMILES string of the molecule is C#CCCC1(CCNC(=O)c2cccc(OCc3cn4ccccc4n3)c2)N=N1. The molecule has 4 rings (SSSR count). The van der Waals surface area contributed by atoms with Gasteiger partial charge in [-0.05, 0) is 30.3 Å². The first-order valence-corrected chi connectivity index (χ1v) is 9.49. The minimum Gasteiger partial charge on any atom is -0.487 e. The number of hydrogen-bond donors (Lipinski definition) is 1. The van der Waals surface area contributed by atoms with Crippen LogP contribution in [0.2, 0.25) is 0 Å². The average molecular weight is 387 g/mol. The number of terminal acetylenes is 1. The van der Waals surface area contributed by atoms with Crippen LogP contribution >= 0.6 is 0 Å². The first kappa shape index (κ1) is 18.7. The molecule has 1 amide bonds. The van der Waals surface area contributed by atoms with Crippen molar-refractivity contribution in [3.05, 3.63) is 66.1 Å². The summed E-state index contributed by atoms with van der Waals surface area (Å²) in [5.41, 5.74) is 1.84. The Bertz CT molecular complexity index is 1060. The first-order chi connectivity index (χ1) is 14.2. The van der Waals surface area contributed by atoms with Crippen molar-refractivity contribution in [2.45, 2.75) is 31.5 Å². The molecular weight excluding hydrogens is 366 g/mol. The lowest BCUT2D eigenvalue weighted by Crippen LogP contribution is -2.28. The third kappa shape index (κ3) is 4.61. The smallest absolute Gasteiger partial charge is 0.251 e. The van der Waals surface area contributed by atoms with Crippen LogP contribution in [0, 0.1) is 12.3 Å². The lowest BCUT2D eigenvalue weighted by molar-refractivity contribution is 0.0951. The summed E-state index contributed by atoms with van der Waals surface area (Å²) in [6.45, 7) is 0.816. The van der Waals surface area contributed by atoms with E-state index in [2.05, 4.69) is 26.4 Å². The van der Waals surface area contributed by atoms with Crippen molar-refractivity contribution >= 4 is 11.6 Å². The van der Waals surface area contributed by atoms with Gasteiger partial charge in [-0.15, -0.1) is 12.3 Å². The highest BCUT2D eigenvalue weighted by molar-refractivity contribution is 5.94. The van der Waals surface area contributed by atoms with Crippen LogP contribution in [0.4, 0.5) is 0 Å². The third-order valence-corrected chi connectivity index (χ3v) is 4.76. The molecule has 1 N–H and O–H groups in total. The fourth-order valence-electron chi connectivity index (χ4n) is 3.09. The molecule has 0 bridgehead atoms. The summed E-state index contributed by atoms with van der Waals surface area (Å²) in [4.78, 5) is 16.9. The van der Waals surface area contributed by atoms with Gasteiger partial charge in [-0.3, -0.25) is 4.79 Å². The van der Waals surface area contributed by atoms with Crippen LogP contribution in [-0.2, 0) is 6.61 Å². The Kier molecular flexibility index (Phi) is 5.25. The maximum atomic E-state index is 12.4. The number of nitrogens with one attached hydrogen (secondary N) is 1. The van der Waals surface area contributed by atoms with Crippen LogP contribution in [-0.4, -0.2) is 27.5 Å². The predicted octanol–water partition coefficient (Wildman–Crippen LogP) is 3.61. The predicted molar refractivity (Wildman–Crippen MR) is 109 cm³/mol. The number of pyridine rings is 1. The zero-order valence-corrected chi connectivity index (χ0v) is 15.9. The second-order valence-corrected chi connectivity index (χ2v) is 6.91. The summed E-state index contributed by atoms with van der Waals surface area (Å²) in [5, 5.41) is 11.1. The molecule has 146 valence electrons. The topological polar surface area (TPSA) is 80.3 Å². The zero-order valence-electron chi connectivity index (χ0n) is 15.9. The van der Waals surface area contributed by atoms with Crippen LogP contribution < -0.4 is 10.1 Å². The fraction of sp³-hybridized carbons (Fsp3) is 0.273. The van der Waals surface area contributed by atoms with Gasteiger partial charge in [0.1, 0.15) is 18.0 Å². The zero-order chi connectivity index (χ0) is 20.1. The van der Waals surface area contributed by atoms with E-state index in [9.17, 15) is 4.79 Å². The van der Waals surface area contributed by atoms with Gasteiger partial charge in [0.2, 0.25) is 0 Å². The van der Waals surface area contributed by atoms with Gasteiger partial charge in [0, 0.05) is 43.8 Å². The van der Waals surface area contributed by atoms with Gasteiger partial charge in [-0.25, -0.2) is 4.98 Å². The van der Waals surface area contributed by atoms with E-state index in [1.807, 2.05) is 41.1 Å². The quantitative estimate of drug-likeness (QED) is 0.570. The van der Waals surface area contributed by atoms with Gasteiger partial charge >= 0.3 is 0 Å². The van der Waals surface area contributed by atoms with E-state index in [-0.39, 0.29) is 5.91 Å². The van der Waals surface area contributed by atoms with E-state index >= 15 is 0 Å². The molecule has 3 aromatic rings. The van der Waals surface area contributed by atoms with Gasteiger partial charge in [-0.2, -0.15) is 10.2 Å². The summed E-state index contributed by atoms with van der Waals surface area (Å²) in [6.07, 6.45) is 11.2. The normalized spacial score (nSPS) is 13.8. The molecule has 29 heavy (non-hydrogen) atoms. The van der Waals surface area contributed by atoms with Crippen LogP contribution in [0.15, 0.2) is 65.1 Å². The van der Waals surface area contributed by atoms with Crippen molar-refractivity contribution in [1.29, 1.82) is 0 Å². The second-order valence-electron chi connectivity index (χ2n) is 6.91. The highest BCUT2D eigenvalue weighted by Crippen LogP contribution is 2.36. The summed E-state index contributed by atoms with van der Waals surface area (Å²) in [7, 11) is 0. The molecular formula is C22H21N5O2. The van der Waals surface area contributed by atoms with E-state index in [0.29, 0.717) is 37.3 Å². The summed E-state index contributed by atoms with van der Waals surface area (Å²) >= 11 is 0. The number of fused-ring (bicyclic) bond motifs is 1.